The Morgan fingerprint density at radius 1 is 1.31 bits per heavy atom. The van der Waals surface area contributed by atoms with Crippen molar-refractivity contribution in [2.45, 2.75) is 51.4 Å². The van der Waals surface area contributed by atoms with Gasteiger partial charge in [0.15, 0.2) is 0 Å². The number of pyridine rings is 1. The largest absolute Gasteiger partial charge is 0.417 e. The molecule has 2 atom stereocenters. The fraction of sp³-hybridized carbons (Fsp3) is 0.462. The average Bonchev–Trinajstić information content (AvgIpc) is 3.38. The minimum Gasteiger partial charge on any atom is -0.337 e. The Hall–Kier alpha value is -3.45. The van der Waals surface area contributed by atoms with Crippen LogP contribution in [0.1, 0.15) is 53.6 Å². The van der Waals surface area contributed by atoms with Gasteiger partial charge in [-0.05, 0) is 48.7 Å². The number of amides is 2. The Morgan fingerprint density at radius 3 is 2.86 bits per heavy atom. The normalized spacial score (nSPS) is 23.7. The van der Waals surface area contributed by atoms with Crippen molar-refractivity contribution in [3.63, 3.8) is 0 Å². The predicted molar refractivity (Wildman–Crippen MR) is 124 cm³/mol. The zero-order chi connectivity index (χ0) is 25.7. The summed E-state index contributed by atoms with van der Waals surface area (Å²) in [6.07, 6.45) is -2.72. The van der Waals surface area contributed by atoms with Crippen molar-refractivity contribution >= 4 is 17.5 Å². The molecule has 3 aliphatic rings. The number of rotatable bonds is 4. The number of nitrogens with zero attached hydrogens (tertiary/aromatic N) is 4. The minimum absolute atomic E-state index is 0.0254. The first-order chi connectivity index (χ1) is 17.1. The summed E-state index contributed by atoms with van der Waals surface area (Å²) in [6.45, 7) is 3.88. The number of fused-ring (bicyclic) bond motifs is 2. The molecule has 0 bridgehead atoms. The number of carbonyl (C=O) groups excluding carboxylic acids is 2. The SMILES string of the molecule is CC1C(=O)Nc2ccc(CN3CCC(CC#N)(C(=O)N4CCc5ncc(C(F)(F)F)cc5C4)C3)cc21. The van der Waals surface area contributed by atoms with E-state index in [0.717, 1.165) is 29.1 Å². The van der Waals surface area contributed by atoms with Gasteiger partial charge in [0.05, 0.1) is 29.4 Å². The maximum atomic E-state index is 13.7. The van der Waals surface area contributed by atoms with Gasteiger partial charge < -0.3 is 10.2 Å². The van der Waals surface area contributed by atoms with Gasteiger partial charge in [0.25, 0.3) is 0 Å². The monoisotopic (exact) mass is 497 g/mol. The smallest absolute Gasteiger partial charge is 0.337 e. The molecule has 5 rings (SSSR count). The van der Waals surface area contributed by atoms with Crippen molar-refractivity contribution in [2.24, 2.45) is 5.41 Å². The maximum Gasteiger partial charge on any atom is 0.417 e. The summed E-state index contributed by atoms with van der Waals surface area (Å²) < 4.78 is 39.5. The van der Waals surface area contributed by atoms with Gasteiger partial charge in [0, 0.05) is 50.2 Å². The van der Waals surface area contributed by atoms with E-state index in [4.69, 9.17) is 0 Å². The second kappa shape index (κ2) is 8.89. The van der Waals surface area contributed by atoms with E-state index in [2.05, 4.69) is 21.3 Å². The first-order valence-corrected chi connectivity index (χ1v) is 12.0. The summed E-state index contributed by atoms with van der Waals surface area (Å²) in [5, 5.41) is 12.4. The molecule has 2 aromatic rings. The van der Waals surface area contributed by atoms with Gasteiger partial charge >= 0.3 is 6.18 Å². The molecule has 3 aliphatic heterocycles. The summed E-state index contributed by atoms with van der Waals surface area (Å²) in [5.74, 6) is -0.429. The molecule has 1 saturated heterocycles. The van der Waals surface area contributed by atoms with Crippen molar-refractivity contribution in [3.05, 3.63) is 58.4 Å². The molecule has 1 fully saturated rings. The first kappa shape index (κ1) is 24.3. The molecule has 2 unspecified atom stereocenters. The van der Waals surface area contributed by atoms with Crippen molar-refractivity contribution in [1.82, 2.24) is 14.8 Å². The Kier molecular flexibility index (Phi) is 5.99. The molecule has 36 heavy (non-hydrogen) atoms. The van der Waals surface area contributed by atoms with Crippen LogP contribution < -0.4 is 5.32 Å². The van der Waals surface area contributed by atoms with Crippen LogP contribution in [0.4, 0.5) is 18.9 Å². The van der Waals surface area contributed by atoms with E-state index in [0.29, 0.717) is 50.3 Å². The molecular weight excluding hydrogens is 471 g/mol. The minimum atomic E-state index is -4.50. The number of carbonyl (C=O) groups is 2. The topological polar surface area (TPSA) is 89.3 Å². The number of halogens is 3. The van der Waals surface area contributed by atoms with Crippen LogP contribution in [0.15, 0.2) is 30.5 Å². The molecule has 0 saturated carbocycles. The zero-order valence-electron chi connectivity index (χ0n) is 19.9. The number of anilines is 1. The molecular formula is C26H26F3N5O2. The highest BCUT2D eigenvalue weighted by Gasteiger charge is 2.47. The molecule has 10 heteroatoms. The molecule has 1 aromatic heterocycles. The third-order valence-corrected chi connectivity index (χ3v) is 7.60. The molecule has 7 nitrogen and oxygen atoms in total. The number of hydrogen-bond acceptors (Lipinski definition) is 5. The van der Waals surface area contributed by atoms with E-state index in [-0.39, 0.29) is 30.7 Å². The number of hydrogen-bond donors (Lipinski definition) is 1. The number of likely N-dealkylation sites (tertiary alicyclic amines) is 1. The molecule has 1 N–H and O–H groups in total. The van der Waals surface area contributed by atoms with Crippen molar-refractivity contribution in [3.8, 4) is 6.07 Å². The van der Waals surface area contributed by atoms with Crippen LogP contribution in [0.3, 0.4) is 0 Å². The first-order valence-electron chi connectivity index (χ1n) is 12.0. The summed E-state index contributed by atoms with van der Waals surface area (Å²) in [7, 11) is 0. The fourth-order valence-electron chi connectivity index (χ4n) is 5.55. The van der Waals surface area contributed by atoms with Crippen LogP contribution in [0.2, 0.25) is 0 Å². The highest BCUT2D eigenvalue weighted by molar-refractivity contribution is 6.02. The average molecular weight is 498 g/mol. The maximum absolute atomic E-state index is 13.7. The number of benzene rings is 1. The van der Waals surface area contributed by atoms with E-state index >= 15 is 0 Å². The Bertz CT molecular complexity index is 1270. The molecule has 1 aromatic carbocycles. The van der Waals surface area contributed by atoms with E-state index in [1.54, 1.807) is 4.90 Å². The summed E-state index contributed by atoms with van der Waals surface area (Å²) in [5.41, 5.74) is 2.05. The van der Waals surface area contributed by atoms with E-state index in [1.807, 2.05) is 25.1 Å². The van der Waals surface area contributed by atoms with Gasteiger partial charge in [-0.15, -0.1) is 0 Å². The third kappa shape index (κ3) is 4.32. The second-order valence-corrected chi connectivity index (χ2v) is 10.0. The Labute approximate surface area is 206 Å². The van der Waals surface area contributed by atoms with Gasteiger partial charge in [-0.1, -0.05) is 12.1 Å². The number of alkyl halides is 3. The number of nitriles is 1. The Morgan fingerprint density at radius 2 is 2.11 bits per heavy atom. The standard InChI is InChI=1S/C26H26F3N5O2/c1-16-20-10-17(2-3-22(20)32-23(16)35)13-33-9-6-25(15-33,5-7-30)24(36)34-8-4-21-18(14-34)11-19(12-31-21)26(27,28)29/h2-3,10-12,16H,4-6,8-9,13-15H2,1H3,(H,32,35). The van der Waals surface area contributed by atoms with Gasteiger partial charge in [-0.3, -0.25) is 19.5 Å². The lowest BCUT2D eigenvalue weighted by Crippen LogP contribution is -2.47. The van der Waals surface area contributed by atoms with E-state index in [1.165, 1.54) is 0 Å². The lowest BCUT2D eigenvalue weighted by Gasteiger charge is -2.36. The number of aromatic nitrogens is 1. The van der Waals surface area contributed by atoms with Crippen LogP contribution in [0.5, 0.6) is 0 Å². The second-order valence-electron chi connectivity index (χ2n) is 10.0. The van der Waals surface area contributed by atoms with Gasteiger partial charge in [-0.2, -0.15) is 18.4 Å². The van der Waals surface area contributed by atoms with Crippen LogP contribution in [0, 0.1) is 16.7 Å². The molecule has 2 amide bonds. The van der Waals surface area contributed by atoms with E-state index < -0.39 is 17.2 Å². The van der Waals surface area contributed by atoms with Gasteiger partial charge in [0.1, 0.15) is 0 Å². The summed E-state index contributed by atoms with van der Waals surface area (Å²) in [4.78, 5) is 33.3. The molecule has 188 valence electrons. The van der Waals surface area contributed by atoms with Crippen LogP contribution in [-0.4, -0.2) is 46.2 Å². The molecule has 4 heterocycles. The molecule has 0 spiro atoms. The molecule has 0 aliphatic carbocycles. The summed E-state index contributed by atoms with van der Waals surface area (Å²) >= 11 is 0. The lowest BCUT2D eigenvalue weighted by atomic mass is 9.82. The quantitative estimate of drug-likeness (QED) is 0.693. The zero-order valence-corrected chi connectivity index (χ0v) is 19.9. The van der Waals surface area contributed by atoms with Crippen molar-refractivity contribution in [1.29, 1.82) is 5.26 Å². The van der Waals surface area contributed by atoms with Crippen LogP contribution in [0.25, 0.3) is 0 Å². The number of nitrogens with one attached hydrogen (secondary N) is 1. The van der Waals surface area contributed by atoms with Crippen LogP contribution in [-0.2, 0) is 35.3 Å². The third-order valence-electron chi connectivity index (χ3n) is 7.60. The van der Waals surface area contributed by atoms with Crippen molar-refractivity contribution in [2.75, 3.05) is 25.0 Å². The van der Waals surface area contributed by atoms with Crippen LogP contribution >= 0.6 is 0 Å². The fourth-order valence-corrected chi connectivity index (χ4v) is 5.55. The Balaban J connectivity index is 1.31. The molecule has 0 radical (unpaired) electrons. The summed E-state index contributed by atoms with van der Waals surface area (Å²) in [6, 6.07) is 9.10. The highest BCUT2D eigenvalue weighted by atomic mass is 19.4. The lowest BCUT2D eigenvalue weighted by molar-refractivity contribution is -0.142. The predicted octanol–water partition coefficient (Wildman–Crippen LogP) is 3.85. The van der Waals surface area contributed by atoms with Crippen molar-refractivity contribution < 1.29 is 22.8 Å². The van der Waals surface area contributed by atoms with Gasteiger partial charge in [0.2, 0.25) is 11.8 Å². The highest BCUT2D eigenvalue weighted by Crippen LogP contribution is 2.39. The van der Waals surface area contributed by atoms with Gasteiger partial charge in [-0.25, -0.2) is 0 Å². The van der Waals surface area contributed by atoms with E-state index in [9.17, 15) is 28.0 Å².